The molecule has 0 aromatic carbocycles. The topological polar surface area (TPSA) is 58.6 Å². The largest absolute Gasteiger partial charge is 0.467 e. The Bertz CT molecular complexity index is 323. The number of nitrogens with one attached hydrogen (secondary N) is 1. The van der Waals surface area contributed by atoms with Gasteiger partial charge in [0.25, 0.3) is 0 Å². The highest BCUT2D eigenvalue weighted by atomic mass is 32.2. The number of methoxy groups -OCH3 is 1. The Morgan fingerprint density at radius 1 is 1.28 bits per heavy atom. The lowest BCUT2D eigenvalue weighted by atomic mass is 9.81. The number of esters is 1. The summed E-state index contributed by atoms with van der Waals surface area (Å²) in [6.45, 7) is 0.758. The van der Waals surface area contributed by atoms with Gasteiger partial charge in [0.2, 0.25) is 0 Å². The molecule has 1 saturated heterocycles. The second kappa shape index (κ2) is 5.82. The Balaban J connectivity index is 2.04. The number of ether oxygens (including phenoxy) is 1. The lowest BCUT2D eigenvalue weighted by molar-refractivity contribution is -0.149. The number of carbonyl (C=O) groups excluding carboxylic acids is 2. The van der Waals surface area contributed by atoms with Crippen LogP contribution in [0.2, 0.25) is 0 Å². The molecule has 1 heterocycles. The second-order valence-electron chi connectivity index (χ2n) is 4.87. The van der Waals surface area contributed by atoms with E-state index in [1.165, 1.54) is 7.11 Å². The number of nitrogens with zero attached hydrogens (tertiary/aromatic N) is 1. The first-order valence-electron chi connectivity index (χ1n) is 6.41. The van der Waals surface area contributed by atoms with Crippen LogP contribution in [0.25, 0.3) is 0 Å². The third kappa shape index (κ3) is 2.74. The van der Waals surface area contributed by atoms with E-state index in [0.29, 0.717) is 18.7 Å². The summed E-state index contributed by atoms with van der Waals surface area (Å²) in [5.41, 5.74) is -0.794. The van der Waals surface area contributed by atoms with Gasteiger partial charge in [0.15, 0.2) is 0 Å². The maximum absolute atomic E-state index is 12.1. The molecule has 0 atom stereocenters. The maximum Gasteiger partial charge on any atom is 0.331 e. The zero-order valence-corrected chi connectivity index (χ0v) is 11.6. The van der Waals surface area contributed by atoms with Crippen LogP contribution < -0.4 is 5.32 Å². The van der Waals surface area contributed by atoms with E-state index in [0.717, 1.165) is 31.6 Å². The monoisotopic (exact) mass is 272 g/mol. The van der Waals surface area contributed by atoms with Crippen molar-refractivity contribution in [1.29, 1.82) is 0 Å². The van der Waals surface area contributed by atoms with Crippen LogP contribution in [0.1, 0.15) is 32.1 Å². The lowest BCUT2D eigenvalue weighted by Gasteiger charge is -2.36. The van der Waals surface area contributed by atoms with Gasteiger partial charge in [-0.3, -0.25) is 0 Å². The van der Waals surface area contributed by atoms with E-state index < -0.39 is 5.54 Å². The van der Waals surface area contributed by atoms with Crippen molar-refractivity contribution in [2.24, 2.45) is 0 Å². The molecule has 5 nitrogen and oxygen atoms in total. The van der Waals surface area contributed by atoms with Gasteiger partial charge in [-0.05, 0) is 12.8 Å². The summed E-state index contributed by atoms with van der Waals surface area (Å²) in [6.07, 6.45) is 4.42. The summed E-state index contributed by atoms with van der Waals surface area (Å²) in [5.74, 6) is 1.38. The van der Waals surface area contributed by atoms with Gasteiger partial charge in [-0.15, -0.1) is 11.8 Å². The van der Waals surface area contributed by atoms with Crippen LogP contribution >= 0.6 is 11.8 Å². The number of hydrogen-bond acceptors (Lipinski definition) is 4. The van der Waals surface area contributed by atoms with E-state index >= 15 is 0 Å². The summed E-state index contributed by atoms with van der Waals surface area (Å²) in [6, 6.07) is -0.132. The van der Waals surface area contributed by atoms with Crippen LogP contribution in [0.15, 0.2) is 0 Å². The summed E-state index contributed by atoms with van der Waals surface area (Å²) in [5, 5.41) is 2.92. The van der Waals surface area contributed by atoms with E-state index in [1.807, 2.05) is 0 Å². The van der Waals surface area contributed by atoms with Gasteiger partial charge in [0.1, 0.15) is 5.54 Å². The fraction of sp³-hybridized carbons (Fsp3) is 0.833. The SMILES string of the molecule is COC(=O)C1(NC(=O)N2CCSC2)CCCCC1. The zero-order chi connectivity index (χ0) is 13.0. The molecule has 0 spiro atoms. The van der Waals surface area contributed by atoms with Crippen molar-refractivity contribution in [3.63, 3.8) is 0 Å². The second-order valence-corrected chi connectivity index (χ2v) is 5.94. The van der Waals surface area contributed by atoms with Crippen molar-refractivity contribution in [2.45, 2.75) is 37.6 Å². The molecule has 2 aliphatic rings. The number of urea groups is 1. The molecule has 1 aliphatic heterocycles. The van der Waals surface area contributed by atoms with E-state index in [9.17, 15) is 9.59 Å². The van der Waals surface area contributed by atoms with Crippen molar-refractivity contribution < 1.29 is 14.3 Å². The smallest absolute Gasteiger partial charge is 0.331 e. The van der Waals surface area contributed by atoms with Crippen LogP contribution in [0.3, 0.4) is 0 Å². The van der Waals surface area contributed by atoms with E-state index in [1.54, 1.807) is 16.7 Å². The van der Waals surface area contributed by atoms with E-state index in [4.69, 9.17) is 4.74 Å². The molecule has 0 unspecified atom stereocenters. The molecule has 102 valence electrons. The predicted molar refractivity (Wildman–Crippen MR) is 70.4 cm³/mol. The first-order chi connectivity index (χ1) is 8.68. The minimum absolute atomic E-state index is 0.132. The molecule has 0 radical (unpaired) electrons. The summed E-state index contributed by atoms with van der Waals surface area (Å²) < 4.78 is 4.88. The highest BCUT2D eigenvalue weighted by Crippen LogP contribution is 2.30. The Kier molecular flexibility index (Phi) is 4.37. The predicted octanol–water partition coefficient (Wildman–Crippen LogP) is 1.58. The number of thioether (sulfide) groups is 1. The van der Waals surface area contributed by atoms with Gasteiger partial charge in [-0.1, -0.05) is 19.3 Å². The zero-order valence-electron chi connectivity index (χ0n) is 10.7. The number of carbonyl (C=O) groups is 2. The normalized spacial score (nSPS) is 22.6. The molecule has 1 saturated carbocycles. The van der Waals surface area contributed by atoms with Crippen LogP contribution in [-0.2, 0) is 9.53 Å². The Hall–Kier alpha value is -0.910. The molecule has 2 fully saturated rings. The molecule has 2 amide bonds. The van der Waals surface area contributed by atoms with E-state index in [2.05, 4.69) is 5.32 Å². The van der Waals surface area contributed by atoms with Gasteiger partial charge < -0.3 is 15.0 Å². The van der Waals surface area contributed by atoms with Gasteiger partial charge in [0.05, 0.1) is 13.0 Å². The molecule has 2 rings (SSSR count). The number of rotatable bonds is 2. The third-order valence-electron chi connectivity index (χ3n) is 3.67. The van der Waals surface area contributed by atoms with E-state index in [-0.39, 0.29) is 12.0 Å². The Morgan fingerprint density at radius 3 is 2.56 bits per heavy atom. The molecule has 18 heavy (non-hydrogen) atoms. The highest BCUT2D eigenvalue weighted by Gasteiger charge is 2.42. The van der Waals surface area contributed by atoms with Crippen molar-refractivity contribution in [3.05, 3.63) is 0 Å². The highest BCUT2D eigenvalue weighted by molar-refractivity contribution is 7.99. The van der Waals surface area contributed by atoms with Crippen molar-refractivity contribution in [3.8, 4) is 0 Å². The van der Waals surface area contributed by atoms with Crippen LogP contribution in [0.5, 0.6) is 0 Å². The molecule has 6 heteroatoms. The average molecular weight is 272 g/mol. The van der Waals surface area contributed by atoms with Gasteiger partial charge >= 0.3 is 12.0 Å². The van der Waals surface area contributed by atoms with Gasteiger partial charge in [-0.2, -0.15) is 0 Å². The van der Waals surface area contributed by atoms with Gasteiger partial charge in [0, 0.05) is 12.3 Å². The minimum Gasteiger partial charge on any atom is -0.467 e. The summed E-state index contributed by atoms with van der Waals surface area (Å²) in [4.78, 5) is 25.9. The van der Waals surface area contributed by atoms with Crippen LogP contribution in [0, 0.1) is 0 Å². The van der Waals surface area contributed by atoms with Crippen LogP contribution in [0.4, 0.5) is 4.79 Å². The third-order valence-corrected chi connectivity index (χ3v) is 4.63. The Morgan fingerprint density at radius 2 is 2.00 bits per heavy atom. The number of hydrogen-bond donors (Lipinski definition) is 1. The van der Waals surface area contributed by atoms with Crippen molar-refractivity contribution in [2.75, 3.05) is 25.3 Å². The molecule has 0 bridgehead atoms. The minimum atomic E-state index is -0.794. The maximum atomic E-state index is 12.1. The van der Waals surface area contributed by atoms with Crippen molar-refractivity contribution in [1.82, 2.24) is 10.2 Å². The molecule has 0 aromatic rings. The quantitative estimate of drug-likeness (QED) is 0.775. The number of amides is 2. The fourth-order valence-corrected chi connectivity index (χ4v) is 3.53. The fourth-order valence-electron chi connectivity index (χ4n) is 2.59. The standard InChI is InChI=1S/C12H20N2O3S/c1-17-10(15)12(5-3-2-4-6-12)13-11(16)14-7-8-18-9-14/h2-9H2,1H3,(H,13,16). The molecular weight excluding hydrogens is 252 g/mol. The Labute approximate surface area is 112 Å². The molecule has 1 N–H and O–H groups in total. The molecular formula is C12H20N2O3S. The van der Waals surface area contributed by atoms with Gasteiger partial charge in [-0.25, -0.2) is 9.59 Å². The first-order valence-corrected chi connectivity index (χ1v) is 7.57. The average Bonchev–Trinajstić information content (AvgIpc) is 2.93. The first kappa shape index (κ1) is 13.5. The summed E-state index contributed by atoms with van der Waals surface area (Å²) >= 11 is 1.73. The molecule has 0 aromatic heterocycles. The van der Waals surface area contributed by atoms with Crippen molar-refractivity contribution >= 4 is 23.8 Å². The molecule has 1 aliphatic carbocycles. The summed E-state index contributed by atoms with van der Waals surface area (Å²) in [7, 11) is 1.39. The van der Waals surface area contributed by atoms with Crippen LogP contribution in [-0.4, -0.2) is 47.7 Å². The lowest BCUT2D eigenvalue weighted by Crippen LogP contribution is -2.58.